The quantitative estimate of drug-likeness (QED) is 0.872. The first-order valence-electron chi connectivity index (χ1n) is 6.86. The topological polar surface area (TPSA) is 85.8 Å². The Hall–Kier alpha value is -1.73. The Bertz CT molecular complexity index is 656. The maximum atomic E-state index is 12.0. The highest BCUT2D eigenvalue weighted by Gasteiger charge is 2.17. The second kappa shape index (κ2) is 6.36. The Kier molecular flexibility index (Phi) is 4.74. The standard InChI is InChI=1S/C14H21N5OS/c1-14(2,3)11-9-21-12(18-11)8-19-13(20)6-10(7-17-19)16-5-4-15/h6-7,9,16H,4-5,8,15H2,1-3H3. The molecule has 2 aromatic rings. The Morgan fingerprint density at radius 1 is 1.43 bits per heavy atom. The fraction of sp³-hybridized carbons (Fsp3) is 0.500. The number of rotatable bonds is 5. The fourth-order valence-electron chi connectivity index (χ4n) is 1.72. The lowest BCUT2D eigenvalue weighted by Crippen LogP contribution is -2.24. The third kappa shape index (κ3) is 4.12. The van der Waals surface area contributed by atoms with Gasteiger partial charge in [0.15, 0.2) is 0 Å². The number of hydrogen-bond donors (Lipinski definition) is 2. The number of hydrogen-bond acceptors (Lipinski definition) is 6. The first-order chi connectivity index (χ1) is 9.90. The van der Waals surface area contributed by atoms with Gasteiger partial charge in [0.25, 0.3) is 5.56 Å². The first-order valence-corrected chi connectivity index (χ1v) is 7.74. The largest absolute Gasteiger partial charge is 0.382 e. The summed E-state index contributed by atoms with van der Waals surface area (Å²) in [5, 5.41) is 10.1. The van der Waals surface area contributed by atoms with E-state index in [2.05, 4.69) is 36.2 Å². The molecule has 0 bridgehead atoms. The molecule has 0 saturated heterocycles. The molecule has 0 atom stereocenters. The fourth-order valence-corrected chi connectivity index (χ4v) is 2.72. The number of nitrogens with zero attached hydrogens (tertiary/aromatic N) is 3. The van der Waals surface area contributed by atoms with Gasteiger partial charge in [-0.2, -0.15) is 5.10 Å². The Morgan fingerprint density at radius 3 is 2.76 bits per heavy atom. The zero-order chi connectivity index (χ0) is 15.5. The lowest BCUT2D eigenvalue weighted by atomic mass is 9.93. The summed E-state index contributed by atoms with van der Waals surface area (Å²) in [6.45, 7) is 7.89. The van der Waals surface area contributed by atoms with Crippen LogP contribution in [0.4, 0.5) is 5.69 Å². The van der Waals surface area contributed by atoms with Crippen molar-refractivity contribution in [2.24, 2.45) is 5.73 Å². The summed E-state index contributed by atoms with van der Waals surface area (Å²) >= 11 is 1.56. The molecule has 114 valence electrons. The first kappa shape index (κ1) is 15.7. The molecule has 7 heteroatoms. The molecule has 0 unspecified atom stereocenters. The van der Waals surface area contributed by atoms with Gasteiger partial charge in [0, 0.05) is 30.0 Å². The van der Waals surface area contributed by atoms with E-state index in [1.165, 1.54) is 10.7 Å². The zero-order valence-electron chi connectivity index (χ0n) is 12.6. The molecule has 0 aliphatic carbocycles. The molecule has 0 spiro atoms. The van der Waals surface area contributed by atoms with Crippen LogP contribution in [-0.4, -0.2) is 27.9 Å². The third-order valence-electron chi connectivity index (χ3n) is 2.95. The van der Waals surface area contributed by atoms with E-state index in [1.54, 1.807) is 17.5 Å². The molecular formula is C14H21N5OS. The maximum Gasteiger partial charge on any atom is 0.269 e. The summed E-state index contributed by atoms with van der Waals surface area (Å²) < 4.78 is 1.42. The van der Waals surface area contributed by atoms with E-state index in [-0.39, 0.29) is 11.0 Å². The lowest BCUT2D eigenvalue weighted by Gasteiger charge is -2.14. The van der Waals surface area contributed by atoms with Crippen LogP contribution in [0.1, 0.15) is 31.5 Å². The van der Waals surface area contributed by atoms with E-state index in [1.807, 2.05) is 5.38 Å². The maximum absolute atomic E-state index is 12.0. The summed E-state index contributed by atoms with van der Waals surface area (Å²) in [5.41, 5.74) is 7.01. The Morgan fingerprint density at radius 2 is 2.19 bits per heavy atom. The minimum absolute atomic E-state index is 0.0170. The van der Waals surface area contributed by atoms with Crippen molar-refractivity contribution in [3.05, 3.63) is 38.7 Å². The molecule has 2 aromatic heterocycles. The third-order valence-corrected chi connectivity index (χ3v) is 3.78. The zero-order valence-corrected chi connectivity index (χ0v) is 13.4. The number of nitrogens with two attached hydrogens (primary N) is 1. The van der Waals surface area contributed by atoms with Crippen LogP contribution in [0.5, 0.6) is 0 Å². The van der Waals surface area contributed by atoms with Crippen LogP contribution in [0.15, 0.2) is 22.4 Å². The van der Waals surface area contributed by atoms with Crippen LogP contribution in [-0.2, 0) is 12.0 Å². The van der Waals surface area contributed by atoms with Crippen LogP contribution in [0.2, 0.25) is 0 Å². The van der Waals surface area contributed by atoms with Crippen molar-refractivity contribution in [2.45, 2.75) is 32.7 Å². The van der Waals surface area contributed by atoms with Crippen molar-refractivity contribution in [1.29, 1.82) is 0 Å². The van der Waals surface area contributed by atoms with Gasteiger partial charge in [-0.25, -0.2) is 9.67 Å². The molecule has 21 heavy (non-hydrogen) atoms. The highest BCUT2D eigenvalue weighted by molar-refractivity contribution is 7.09. The van der Waals surface area contributed by atoms with Crippen molar-refractivity contribution < 1.29 is 0 Å². The molecular weight excluding hydrogens is 286 g/mol. The predicted octanol–water partition coefficient (Wildman–Crippen LogP) is 1.42. The second-order valence-electron chi connectivity index (χ2n) is 5.83. The van der Waals surface area contributed by atoms with Gasteiger partial charge in [-0.3, -0.25) is 4.79 Å². The van der Waals surface area contributed by atoms with Crippen LogP contribution < -0.4 is 16.6 Å². The van der Waals surface area contributed by atoms with E-state index in [0.29, 0.717) is 25.3 Å². The van der Waals surface area contributed by atoms with Crippen LogP contribution in [0.3, 0.4) is 0 Å². The van der Waals surface area contributed by atoms with Gasteiger partial charge in [-0.15, -0.1) is 11.3 Å². The molecule has 6 nitrogen and oxygen atoms in total. The van der Waals surface area contributed by atoms with Gasteiger partial charge in [0.2, 0.25) is 0 Å². The van der Waals surface area contributed by atoms with Gasteiger partial charge in [-0.1, -0.05) is 20.8 Å². The van der Waals surface area contributed by atoms with Crippen molar-refractivity contribution in [1.82, 2.24) is 14.8 Å². The van der Waals surface area contributed by atoms with Crippen molar-refractivity contribution >= 4 is 17.0 Å². The summed E-state index contributed by atoms with van der Waals surface area (Å²) in [6, 6.07) is 1.53. The minimum Gasteiger partial charge on any atom is -0.382 e. The van der Waals surface area contributed by atoms with E-state index in [4.69, 9.17) is 5.73 Å². The monoisotopic (exact) mass is 307 g/mol. The van der Waals surface area contributed by atoms with E-state index in [0.717, 1.165) is 10.7 Å². The van der Waals surface area contributed by atoms with Crippen molar-refractivity contribution in [3.63, 3.8) is 0 Å². The molecule has 0 aromatic carbocycles. The van der Waals surface area contributed by atoms with Gasteiger partial charge in [0.05, 0.1) is 24.1 Å². The molecule has 2 heterocycles. The lowest BCUT2D eigenvalue weighted by molar-refractivity contribution is 0.565. The summed E-state index contributed by atoms with van der Waals surface area (Å²) in [6.07, 6.45) is 1.63. The number of anilines is 1. The van der Waals surface area contributed by atoms with Crippen LogP contribution in [0, 0.1) is 0 Å². The SMILES string of the molecule is CC(C)(C)c1csc(Cn2ncc(NCCN)cc2=O)n1. The minimum atomic E-state index is -0.149. The molecule has 2 rings (SSSR count). The summed E-state index contributed by atoms with van der Waals surface area (Å²) in [4.78, 5) is 16.6. The number of aromatic nitrogens is 3. The molecule has 0 aliphatic rings. The van der Waals surface area contributed by atoms with Crippen LogP contribution in [0.25, 0.3) is 0 Å². The van der Waals surface area contributed by atoms with Crippen molar-refractivity contribution in [2.75, 3.05) is 18.4 Å². The summed E-state index contributed by atoms with van der Waals surface area (Å²) in [7, 11) is 0. The normalized spacial score (nSPS) is 11.6. The van der Waals surface area contributed by atoms with Gasteiger partial charge >= 0.3 is 0 Å². The second-order valence-corrected chi connectivity index (χ2v) is 6.77. The Balaban J connectivity index is 2.13. The average molecular weight is 307 g/mol. The Labute approximate surface area is 128 Å². The average Bonchev–Trinajstić information content (AvgIpc) is 2.88. The smallest absolute Gasteiger partial charge is 0.269 e. The van der Waals surface area contributed by atoms with E-state index in [9.17, 15) is 4.79 Å². The van der Waals surface area contributed by atoms with Crippen LogP contribution >= 0.6 is 11.3 Å². The van der Waals surface area contributed by atoms with E-state index >= 15 is 0 Å². The van der Waals surface area contributed by atoms with Gasteiger partial charge in [-0.05, 0) is 0 Å². The molecule has 0 fully saturated rings. The highest BCUT2D eigenvalue weighted by Crippen LogP contribution is 2.23. The molecule has 0 saturated carbocycles. The number of nitrogens with one attached hydrogen (secondary N) is 1. The van der Waals surface area contributed by atoms with Gasteiger partial charge < -0.3 is 11.1 Å². The molecule has 0 aliphatic heterocycles. The predicted molar refractivity (Wildman–Crippen MR) is 86.0 cm³/mol. The van der Waals surface area contributed by atoms with Crippen molar-refractivity contribution in [3.8, 4) is 0 Å². The van der Waals surface area contributed by atoms with Gasteiger partial charge in [0.1, 0.15) is 5.01 Å². The molecule has 3 N–H and O–H groups in total. The highest BCUT2D eigenvalue weighted by atomic mass is 32.1. The molecule has 0 radical (unpaired) electrons. The van der Waals surface area contributed by atoms with E-state index < -0.39 is 0 Å². The molecule has 0 amide bonds. The summed E-state index contributed by atoms with van der Waals surface area (Å²) in [5.74, 6) is 0. The number of thiazole rings is 1.